The monoisotopic (exact) mass is 224 g/mol. The molecule has 5 heteroatoms. The van der Waals surface area contributed by atoms with Crippen molar-refractivity contribution in [3.05, 3.63) is 22.4 Å². The average molecular weight is 225 g/mol. The maximum atomic E-state index is 10.7. The van der Waals surface area contributed by atoms with Gasteiger partial charge in [0.2, 0.25) is 0 Å². The number of nitrogens with zero attached hydrogens (tertiary/aromatic N) is 1. The third-order valence-electron chi connectivity index (χ3n) is 2.79. The summed E-state index contributed by atoms with van der Waals surface area (Å²) in [5.41, 5.74) is 0.506. The van der Waals surface area contributed by atoms with Crippen molar-refractivity contribution in [2.75, 3.05) is 6.54 Å². The number of carboxylic acid groups (broad SMARTS) is 1. The number of carboxylic acids is 1. The lowest BCUT2D eigenvalue weighted by Gasteiger charge is -2.19. The highest BCUT2D eigenvalue weighted by Crippen LogP contribution is 2.52. The molecule has 1 saturated carbocycles. The van der Waals surface area contributed by atoms with Crippen molar-refractivity contribution in [3.8, 4) is 6.07 Å². The van der Waals surface area contributed by atoms with E-state index in [1.165, 1.54) is 0 Å². The summed E-state index contributed by atoms with van der Waals surface area (Å²) >= 11 is 5.81. The quantitative estimate of drug-likeness (QED) is 0.743. The predicted octanol–water partition coefficient (Wildman–Crippen LogP) is 1.35. The summed E-state index contributed by atoms with van der Waals surface area (Å²) in [6.45, 7) is 0.394. The van der Waals surface area contributed by atoms with Crippen LogP contribution < -0.4 is 5.32 Å². The average Bonchev–Trinajstić information content (AvgIpc) is 2.97. The Morgan fingerprint density at radius 2 is 2.33 bits per heavy atom. The summed E-state index contributed by atoms with van der Waals surface area (Å²) in [7, 11) is 0. The van der Waals surface area contributed by atoms with E-state index >= 15 is 0 Å². The first-order valence-electron chi connectivity index (χ1n) is 4.58. The molecule has 1 aliphatic carbocycles. The minimum Gasteiger partial charge on any atom is -0.477 e. The summed E-state index contributed by atoms with van der Waals surface area (Å²) in [6, 6.07) is 2.25. The zero-order chi connectivity index (χ0) is 11.1. The SMILES string of the molecule is N#CC1(C2=CC(Cl)=C(C(=O)O)NC2)CC1. The van der Waals surface area contributed by atoms with Crippen LogP contribution in [0.25, 0.3) is 0 Å². The molecule has 78 valence electrons. The van der Waals surface area contributed by atoms with Gasteiger partial charge >= 0.3 is 5.97 Å². The molecule has 0 aromatic heterocycles. The van der Waals surface area contributed by atoms with Crippen LogP contribution in [0.4, 0.5) is 0 Å². The van der Waals surface area contributed by atoms with Crippen molar-refractivity contribution in [1.29, 1.82) is 5.26 Å². The van der Waals surface area contributed by atoms with Crippen molar-refractivity contribution in [2.45, 2.75) is 12.8 Å². The smallest absolute Gasteiger partial charge is 0.353 e. The van der Waals surface area contributed by atoms with Gasteiger partial charge in [0.25, 0.3) is 0 Å². The fourth-order valence-electron chi connectivity index (χ4n) is 1.66. The van der Waals surface area contributed by atoms with E-state index in [2.05, 4.69) is 11.4 Å². The number of dihydropyridines is 1. The molecule has 1 fully saturated rings. The lowest BCUT2D eigenvalue weighted by atomic mass is 9.95. The Hall–Kier alpha value is -1.47. The molecule has 0 unspecified atom stereocenters. The number of nitrogens with one attached hydrogen (secondary N) is 1. The third-order valence-corrected chi connectivity index (χ3v) is 3.09. The summed E-state index contributed by atoms with van der Waals surface area (Å²) in [4.78, 5) is 10.7. The van der Waals surface area contributed by atoms with Crippen LogP contribution in [0.15, 0.2) is 22.4 Å². The molecule has 0 saturated heterocycles. The van der Waals surface area contributed by atoms with Gasteiger partial charge in [-0.1, -0.05) is 11.6 Å². The van der Waals surface area contributed by atoms with Crippen LogP contribution >= 0.6 is 11.6 Å². The first kappa shape index (κ1) is 10.1. The Kier molecular flexibility index (Phi) is 2.20. The maximum absolute atomic E-state index is 10.7. The molecule has 2 aliphatic rings. The van der Waals surface area contributed by atoms with E-state index in [0.29, 0.717) is 6.54 Å². The molecule has 1 heterocycles. The molecule has 0 spiro atoms. The molecule has 0 radical (unpaired) electrons. The molecule has 0 aromatic carbocycles. The highest BCUT2D eigenvalue weighted by molar-refractivity contribution is 6.33. The molecule has 2 rings (SSSR count). The van der Waals surface area contributed by atoms with Crippen LogP contribution in [0.5, 0.6) is 0 Å². The van der Waals surface area contributed by atoms with Crippen LogP contribution in [0.2, 0.25) is 0 Å². The second kappa shape index (κ2) is 3.28. The van der Waals surface area contributed by atoms with Crippen LogP contribution in [-0.4, -0.2) is 17.6 Å². The number of halogens is 1. The Bertz CT molecular complexity index is 427. The zero-order valence-corrected chi connectivity index (χ0v) is 8.64. The summed E-state index contributed by atoms with van der Waals surface area (Å²) in [5, 5.41) is 20.6. The molecule has 0 bridgehead atoms. The van der Waals surface area contributed by atoms with E-state index in [1.807, 2.05) is 0 Å². The number of rotatable bonds is 2. The van der Waals surface area contributed by atoms with Gasteiger partial charge in [-0.2, -0.15) is 5.26 Å². The van der Waals surface area contributed by atoms with Gasteiger partial charge in [-0.05, 0) is 24.5 Å². The normalized spacial score (nSPS) is 22.5. The molecule has 2 N–H and O–H groups in total. The second-order valence-electron chi connectivity index (χ2n) is 3.75. The molecule has 0 atom stereocenters. The maximum Gasteiger partial charge on any atom is 0.353 e. The largest absolute Gasteiger partial charge is 0.477 e. The van der Waals surface area contributed by atoms with E-state index in [1.54, 1.807) is 6.08 Å². The van der Waals surface area contributed by atoms with Crippen LogP contribution in [0, 0.1) is 16.7 Å². The Morgan fingerprint density at radius 1 is 1.67 bits per heavy atom. The van der Waals surface area contributed by atoms with Gasteiger partial charge < -0.3 is 10.4 Å². The van der Waals surface area contributed by atoms with E-state index < -0.39 is 11.4 Å². The fraction of sp³-hybridized carbons (Fsp3) is 0.400. The third kappa shape index (κ3) is 1.59. The molecule has 1 aliphatic heterocycles. The van der Waals surface area contributed by atoms with Gasteiger partial charge in [-0.25, -0.2) is 4.79 Å². The van der Waals surface area contributed by atoms with Gasteiger partial charge in [-0.15, -0.1) is 0 Å². The summed E-state index contributed by atoms with van der Waals surface area (Å²) in [6.07, 6.45) is 3.28. The van der Waals surface area contributed by atoms with Gasteiger partial charge in [-0.3, -0.25) is 0 Å². The summed E-state index contributed by atoms with van der Waals surface area (Å²) < 4.78 is 0. The molecule has 4 nitrogen and oxygen atoms in total. The second-order valence-corrected chi connectivity index (χ2v) is 4.15. The fourth-order valence-corrected chi connectivity index (χ4v) is 1.94. The van der Waals surface area contributed by atoms with Gasteiger partial charge in [0.1, 0.15) is 5.70 Å². The first-order valence-corrected chi connectivity index (χ1v) is 4.96. The molecular formula is C10H9ClN2O2. The minimum atomic E-state index is -1.07. The predicted molar refractivity (Wildman–Crippen MR) is 53.9 cm³/mol. The van der Waals surface area contributed by atoms with Gasteiger partial charge in [0.05, 0.1) is 16.5 Å². The Morgan fingerprint density at radius 3 is 2.73 bits per heavy atom. The van der Waals surface area contributed by atoms with E-state index in [9.17, 15) is 4.79 Å². The Balaban J connectivity index is 2.31. The lowest BCUT2D eigenvalue weighted by Crippen LogP contribution is -2.29. The molecule has 0 aromatic rings. The zero-order valence-electron chi connectivity index (χ0n) is 7.88. The highest BCUT2D eigenvalue weighted by atomic mass is 35.5. The van der Waals surface area contributed by atoms with Gasteiger partial charge in [0.15, 0.2) is 0 Å². The van der Waals surface area contributed by atoms with E-state index in [0.717, 1.165) is 18.4 Å². The number of carbonyl (C=O) groups is 1. The highest BCUT2D eigenvalue weighted by Gasteiger charge is 2.47. The van der Waals surface area contributed by atoms with E-state index in [4.69, 9.17) is 22.0 Å². The van der Waals surface area contributed by atoms with Crippen molar-refractivity contribution < 1.29 is 9.90 Å². The van der Waals surface area contributed by atoms with Crippen molar-refractivity contribution in [3.63, 3.8) is 0 Å². The molecule has 15 heavy (non-hydrogen) atoms. The Labute approximate surface area is 91.8 Å². The van der Waals surface area contributed by atoms with Crippen LogP contribution in [0.3, 0.4) is 0 Å². The number of hydrogen-bond donors (Lipinski definition) is 2. The standard InChI is InChI=1S/C10H9ClN2O2/c11-7-3-6(10(5-12)1-2-10)4-13-8(7)9(14)15/h3,13H,1-2,4H2,(H,14,15). The summed E-state index contributed by atoms with van der Waals surface area (Å²) in [5.74, 6) is -1.07. The first-order chi connectivity index (χ1) is 7.09. The van der Waals surface area contributed by atoms with Crippen molar-refractivity contribution in [2.24, 2.45) is 5.41 Å². The number of nitriles is 1. The lowest BCUT2D eigenvalue weighted by molar-refractivity contribution is -0.133. The molecular weight excluding hydrogens is 216 g/mol. The number of aliphatic carboxylic acids is 1. The molecule has 0 amide bonds. The topological polar surface area (TPSA) is 73.1 Å². The van der Waals surface area contributed by atoms with Gasteiger partial charge in [0, 0.05) is 6.54 Å². The van der Waals surface area contributed by atoms with Crippen LogP contribution in [0.1, 0.15) is 12.8 Å². The van der Waals surface area contributed by atoms with E-state index in [-0.39, 0.29) is 10.7 Å². The number of allylic oxidation sites excluding steroid dienone is 2. The van der Waals surface area contributed by atoms with Crippen LogP contribution in [-0.2, 0) is 4.79 Å². The van der Waals surface area contributed by atoms with Crippen molar-refractivity contribution in [1.82, 2.24) is 5.32 Å². The number of hydrogen-bond acceptors (Lipinski definition) is 3. The minimum absolute atomic E-state index is 0.00848. The van der Waals surface area contributed by atoms with Crippen molar-refractivity contribution >= 4 is 17.6 Å².